The van der Waals surface area contributed by atoms with Gasteiger partial charge in [-0.2, -0.15) is 4.31 Å². The topological polar surface area (TPSA) is 186 Å². The molecule has 3 amide bonds. The van der Waals surface area contributed by atoms with Crippen molar-refractivity contribution in [3.05, 3.63) is 106 Å². The van der Waals surface area contributed by atoms with Gasteiger partial charge in [-0.05, 0) is 47.1 Å². The number of nitrogens with one attached hydrogen (secondary N) is 1. The van der Waals surface area contributed by atoms with E-state index in [9.17, 15) is 33.2 Å². The van der Waals surface area contributed by atoms with E-state index < -0.39 is 39.0 Å². The maximum Gasteiger partial charge on any atom is 0.321 e. The Morgan fingerprint density at radius 2 is 1.67 bits per heavy atom. The van der Waals surface area contributed by atoms with E-state index in [1.54, 1.807) is 12.1 Å². The quantitative estimate of drug-likeness (QED) is 0.0805. The minimum Gasteiger partial charge on any atom is -0.411 e. The van der Waals surface area contributed by atoms with E-state index >= 15 is 0 Å². The van der Waals surface area contributed by atoms with E-state index in [2.05, 4.69) is 10.5 Å². The van der Waals surface area contributed by atoms with Gasteiger partial charge >= 0.3 is 6.03 Å². The second kappa shape index (κ2) is 17.4. The van der Waals surface area contributed by atoms with Crippen LogP contribution in [0.15, 0.2) is 88.9 Å². The molecule has 4 rings (SSSR count). The van der Waals surface area contributed by atoms with Gasteiger partial charge in [0.15, 0.2) is 0 Å². The Morgan fingerprint density at radius 1 is 1.00 bits per heavy atom. The molecule has 1 heterocycles. The summed E-state index contributed by atoms with van der Waals surface area (Å²) in [5.41, 5.74) is 1.82. The highest BCUT2D eigenvalue weighted by molar-refractivity contribution is 7.89. The van der Waals surface area contributed by atoms with E-state index in [1.165, 1.54) is 56.7 Å². The van der Waals surface area contributed by atoms with Gasteiger partial charge in [0.2, 0.25) is 15.9 Å². The van der Waals surface area contributed by atoms with Crippen molar-refractivity contribution in [2.24, 2.45) is 17.0 Å². The monoisotopic (exact) mass is 722 g/mol. The highest BCUT2D eigenvalue weighted by atomic mass is 32.2. The van der Waals surface area contributed by atoms with Crippen LogP contribution in [0.4, 0.5) is 10.5 Å². The van der Waals surface area contributed by atoms with Gasteiger partial charge < -0.3 is 25.4 Å². The molecule has 3 atom stereocenters. The van der Waals surface area contributed by atoms with E-state index in [0.29, 0.717) is 17.7 Å². The van der Waals surface area contributed by atoms with Crippen molar-refractivity contribution in [2.75, 3.05) is 26.2 Å². The average Bonchev–Trinajstić information content (AvgIpc) is 3.43. The predicted molar refractivity (Wildman–Crippen MR) is 192 cm³/mol. The number of aliphatic hydroxyl groups is 1. The Labute approximate surface area is 298 Å². The molecule has 0 aromatic heterocycles. The summed E-state index contributed by atoms with van der Waals surface area (Å²) >= 11 is 0. The van der Waals surface area contributed by atoms with Crippen molar-refractivity contribution in [1.29, 1.82) is 0 Å². The van der Waals surface area contributed by atoms with Gasteiger partial charge in [0.25, 0.3) is 5.69 Å². The van der Waals surface area contributed by atoms with Crippen LogP contribution >= 0.6 is 0 Å². The highest BCUT2D eigenvalue weighted by Gasteiger charge is 2.40. The summed E-state index contributed by atoms with van der Waals surface area (Å²) in [6.45, 7) is 7.84. The minimum absolute atomic E-state index is 0.00355. The molecule has 3 N–H and O–H groups in total. The molecular weight excluding hydrogens is 676 g/mol. The van der Waals surface area contributed by atoms with E-state index in [0.717, 1.165) is 5.56 Å². The van der Waals surface area contributed by atoms with Gasteiger partial charge in [0.1, 0.15) is 6.04 Å². The summed E-state index contributed by atoms with van der Waals surface area (Å²) < 4.78 is 28.9. The summed E-state index contributed by atoms with van der Waals surface area (Å²) in [4.78, 5) is 41.5. The fraction of sp³-hybridized carbons (Fsp3) is 0.417. The molecule has 3 aromatic rings. The van der Waals surface area contributed by atoms with Gasteiger partial charge in [-0.1, -0.05) is 87.4 Å². The van der Waals surface area contributed by atoms with Crippen LogP contribution in [0.5, 0.6) is 0 Å². The lowest BCUT2D eigenvalue weighted by Gasteiger charge is -2.34. The van der Waals surface area contributed by atoms with Crippen LogP contribution in [-0.4, -0.2) is 100 Å². The number of carbonyl (C=O) groups excluding carboxylic acids is 2. The second-order valence-corrected chi connectivity index (χ2v) is 15.4. The fourth-order valence-electron chi connectivity index (χ4n) is 6.17. The SMILES string of the molecule is CC(C)CN(C[C@@H](O)[C@H](Cc1ccccc1)NC(=O)[C@H](C(C)C)N1CCN(Cc2cccc([N+](=O)[O-])c2)C1=O)S(=O)(=O)c1ccc(/C=N/O)cc1. The first-order valence-corrected chi connectivity index (χ1v) is 18.2. The average molecular weight is 723 g/mol. The van der Waals surface area contributed by atoms with E-state index in [4.69, 9.17) is 5.21 Å². The smallest absolute Gasteiger partial charge is 0.321 e. The van der Waals surface area contributed by atoms with Gasteiger partial charge in [-0.3, -0.25) is 14.9 Å². The second-order valence-electron chi connectivity index (χ2n) is 13.4. The molecule has 1 fully saturated rings. The third kappa shape index (κ3) is 10.1. The van der Waals surface area contributed by atoms with Crippen molar-refractivity contribution >= 4 is 33.9 Å². The van der Waals surface area contributed by atoms with Crippen LogP contribution in [0.1, 0.15) is 44.4 Å². The third-order valence-electron chi connectivity index (χ3n) is 8.63. The Hall–Kier alpha value is -4.86. The van der Waals surface area contributed by atoms with Gasteiger partial charge in [0, 0.05) is 44.9 Å². The summed E-state index contributed by atoms with van der Waals surface area (Å²) in [6, 6.07) is 18.9. The van der Waals surface area contributed by atoms with Crippen molar-refractivity contribution in [1.82, 2.24) is 19.4 Å². The van der Waals surface area contributed by atoms with Crippen LogP contribution in [-0.2, 0) is 27.8 Å². The molecule has 0 spiro atoms. The fourth-order valence-corrected chi connectivity index (χ4v) is 7.80. The number of nitro benzene ring substituents is 1. The van der Waals surface area contributed by atoms with E-state index in [1.807, 2.05) is 58.0 Å². The first-order valence-electron chi connectivity index (χ1n) is 16.8. The number of hydrogen-bond donors (Lipinski definition) is 3. The maximum atomic E-state index is 14.1. The number of benzene rings is 3. The van der Waals surface area contributed by atoms with Crippen LogP contribution in [0.3, 0.4) is 0 Å². The molecule has 0 bridgehead atoms. The lowest BCUT2D eigenvalue weighted by molar-refractivity contribution is -0.384. The Kier molecular flexibility index (Phi) is 13.3. The standard InChI is InChI=1S/C36H46N6O8S/c1-25(2)22-40(51(49,50)31-15-13-28(14-16-31)21-37-46)24-33(43)32(20-27-9-6-5-7-10-27)38-35(44)34(26(3)4)41-18-17-39(36(41)45)23-29-11-8-12-30(19-29)42(47)48/h5-16,19,21,25-26,32-34,43,46H,17-18,20,22-24H2,1-4H3,(H,38,44)/b37-21+/t32-,33+,34-/m0/s1. The van der Waals surface area contributed by atoms with Crippen molar-refractivity contribution in [3.8, 4) is 0 Å². The zero-order valence-corrected chi connectivity index (χ0v) is 30.0. The Bertz CT molecular complexity index is 1790. The number of nitrogens with zero attached hydrogens (tertiary/aromatic N) is 5. The first-order chi connectivity index (χ1) is 24.2. The van der Waals surface area contributed by atoms with Crippen molar-refractivity contribution in [2.45, 2.75) is 63.7 Å². The van der Waals surface area contributed by atoms with Crippen LogP contribution in [0.25, 0.3) is 0 Å². The number of rotatable bonds is 17. The van der Waals surface area contributed by atoms with Crippen molar-refractivity contribution in [3.63, 3.8) is 0 Å². The number of urea groups is 1. The van der Waals surface area contributed by atoms with Gasteiger partial charge in [-0.25, -0.2) is 13.2 Å². The summed E-state index contributed by atoms with van der Waals surface area (Å²) in [5.74, 6) is -0.903. The summed E-state index contributed by atoms with van der Waals surface area (Å²) in [7, 11) is -4.09. The van der Waals surface area contributed by atoms with Crippen LogP contribution in [0, 0.1) is 22.0 Å². The van der Waals surface area contributed by atoms with Gasteiger partial charge in [-0.15, -0.1) is 0 Å². The molecule has 274 valence electrons. The van der Waals surface area contributed by atoms with Crippen LogP contribution in [0.2, 0.25) is 0 Å². The molecule has 14 nitrogen and oxygen atoms in total. The predicted octanol–water partition coefficient (Wildman–Crippen LogP) is 4.10. The van der Waals surface area contributed by atoms with Crippen LogP contribution < -0.4 is 5.32 Å². The molecule has 51 heavy (non-hydrogen) atoms. The molecule has 1 saturated heterocycles. The summed E-state index contributed by atoms with van der Waals surface area (Å²) in [6.07, 6.45) is 0.0320. The molecule has 0 aliphatic carbocycles. The Morgan fingerprint density at radius 3 is 2.27 bits per heavy atom. The normalized spacial score (nSPS) is 15.6. The molecular formula is C36H46N6O8S. The number of aliphatic hydroxyl groups excluding tert-OH is 1. The van der Waals surface area contributed by atoms with Crippen molar-refractivity contribution < 1.29 is 33.2 Å². The molecule has 1 aliphatic heterocycles. The Balaban J connectivity index is 1.57. The minimum atomic E-state index is -4.09. The largest absolute Gasteiger partial charge is 0.411 e. The molecule has 0 unspecified atom stereocenters. The zero-order valence-electron chi connectivity index (χ0n) is 29.2. The number of nitro groups is 1. The molecule has 15 heteroatoms. The number of sulfonamides is 1. The number of oxime groups is 1. The first kappa shape index (κ1) is 38.9. The number of amides is 3. The summed E-state index contributed by atoms with van der Waals surface area (Å²) in [5, 5.41) is 37.8. The lowest BCUT2D eigenvalue weighted by atomic mass is 9.97. The zero-order chi connectivity index (χ0) is 37.3. The lowest BCUT2D eigenvalue weighted by Crippen LogP contribution is -2.57. The molecule has 0 saturated carbocycles. The van der Waals surface area contributed by atoms with Gasteiger partial charge in [0.05, 0.1) is 28.2 Å². The number of hydrogen-bond acceptors (Lipinski definition) is 9. The molecule has 0 radical (unpaired) electrons. The maximum absolute atomic E-state index is 14.1. The number of non-ortho nitro benzene ring substituents is 1. The molecule has 1 aliphatic rings. The number of carbonyl (C=O) groups is 2. The molecule has 3 aromatic carbocycles. The third-order valence-corrected chi connectivity index (χ3v) is 10.5. The highest BCUT2D eigenvalue weighted by Crippen LogP contribution is 2.24. The van der Waals surface area contributed by atoms with E-state index in [-0.39, 0.29) is 61.0 Å².